The Labute approximate surface area is 92.7 Å². The minimum absolute atomic E-state index is 0.186. The first-order valence-corrected chi connectivity index (χ1v) is 5.20. The summed E-state index contributed by atoms with van der Waals surface area (Å²) in [6.45, 7) is 2.93. The molecule has 0 fully saturated rings. The van der Waals surface area contributed by atoms with Crippen LogP contribution >= 0.6 is 0 Å². The fourth-order valence-electron chi connectivity index (χ4n) is 1.74. The molecule has 1 amide bonds. The van der Waals surface area contributed by atoms with Crippen LogP contribution in [0.4, 0.5) is 15.0 Å². The summed E-state index contributed by atoms with van der Waals surface area (Å²) in [4.78, 5) is 13.3. The van der Waals surface area contributed by atoms with Gasteiger partial charge >= 0.3 is 0 Å². The summed E-state index contributed by atoms with van der Waals surface area (Å²) in [5.74, 6) is 1.12. The van der Waals surface area contributed by atoms with E-state index < -0.39 is 0 Å². The molecule has 2 heterocycles. The van der Waals surface area contributed by atoms with Gasteiger partial charge in [0.25, 0.3) is 0 Å². The van der Waals surface area contributed by atoms with Crippen molar-refractivity contribution in [3.8, 4) is 0 Å². The van der Waals surface area contributed by atoms with Crippen LogP contribution in [0.1, 0.15) is 25.5 Å². The summed E-state index contributed by atoms with van der Waals surface area (Å²) in [5, 5.41) is 4.44. The van der Waals surface area contributed by atoms with E-state index in [4.69, 9.17) is 9.15 Å². The molecule has 0 atom stereocenters. The Balaban J connectivity index is 0.000000606. The van der Waals surface area contributed by atoms with Gasteiger partial charge in [-0.2, -0.15) is 5.10 Å². The van der Waals surface area contributed by atoms with Gasteiger partial charge in [0.2, 0.25) is 5.91 Å². The first-order chi connectivity index (χ1) is 7.72. The summed E-state index contributed by atoms with van der Waals surface area (Å²) in [5.41, 5.74) is 1.06. The van der Waals surface area contributed by atoms with E-state index in [1.54, 1.807) is 4.90 Å². The van der Waals surface area contributed by atoms with Crippen molar-refractivity contribution in [1.29, 1.82) is 0 Å². The lowest BCUT2D eigenvalue weighted by Crippen LogP contribution is -2.25. The van der Waals surface area contributed by atoms with Crippen LogP contribution < -0.4 is 4.90 Å². The Hall–Kier alpha value is -1.46. The molecule has 1 aromatic rings. The van der Waals surface area contributed by atoms with Crippen LogP contribution in [0, 0.1) is 0 Å². The molecule has 1 aromatic heterocycles. The third kappa shape index (κ3) is 2.37. The molecule has 0 saturated heterocycles. The number of nitrogens with zero attached hydrogens (tertiary/aromatic N) is 3. The maximum atomic E-state index is 11.6. The molecule has 0 unspecified atom stereocenters. The van der Waals surface area contributed by atoms with Crippen LogP contribution in [0.3, 0.4) is 0 Å². The molecule has 0 aliphatic carbocycles. The van der Waals surface area contributed by atoms with Gasteiger partial charge in [-0.1, -0.05) is 6.92 Å². The fraction of sp³-hybridized carbons (Fsp3) is 0.600. The molecular formula is C10H15F2N3O. The lowest BCUT2D eigenvalue weighted by atomic mass is 10.3. The third-order valence-electron chi connectivity index (χ3n) is 2.65. The zero-order chi connectivity index (χ0) is 12.1. The number of anilines is 1. The van der Waals surface area contributed by atoms with E-state index in [1.165, 1.54) is 0 Å². The molecule has 0 bridgehead atoms. The second-order valence-electron chi connectivity index (χ2n) is 3.63. The average Bonchev–Trinajstić information content (AvgIpc) is 2.68. The summed E-state index contributed by atoms with van der Waals surface area (Å²) in [7, 11) is 1.82. The largest absolute Gasteiger partial charge is 0.300 e. The quantitative estimate of drug-likeness (QED) is 0.741. The molecule has 6 heteroatoms. The normalized spacial score (nSPS) is 15.0. The lowest BCUT2D eigenvalue weighted by molar-refractivity contribution is -0.118. The molecule has 0 N–H and O–H groups in total. The topological polar surface area (TPSA) is 38.1 Å². The fourth-order valence-corrected chi connectivity index (χ4v) is 1.74. The van der Waals surface area contributed by atoms with Crippen LogP contribution in [0.15, 0.2) is 6.07 Å². The highest BCUT2D eigenvalue weighted by Gasteiger charge is 2.20. The molecule has 0 aromatic carbocycles. The molecular weight excluding hydrogens is 216 g/mol. The maximum absolute atomic E-state index is 11.6. The van der Waals surface area contributed by atoms with Gasteiger partial charge in [-0.25, -0.2) is 4.68 Å². The van der Waals surface area contributed by atoms with Crippen LogP contribution in [0.2, 0.25) is 0 Å². The minimum atomic E-state index is 0.186. The van der Waals surface area contributed by atoms with Gasteiger partial charge in [-0.3, -0.25) is 4.79 Å². The van der Waals surface area contributed by atoms with E-state index in [9.17, 15) is 4.79 Å². The highest BCUT2D eigenvalue weighted by molar-refractivity contribution is 5.92. The smallest absolute Gasteiger partial charge is 0.227 e. The molecule has 2 rings (SSSR count). The number of rotatable bonds is 1. The van der Waals surface area contributed by atoms with Crippen molar-refractivity contribution >= 4 is 11.7 Å². The van der Waals surface area contributed by atoms with Gasteiger partial charge in [0, 0.05) is 35.2 Å². The van der Waals surface area contributed by atoms with Gasteiger partial charge < -0.3 is 4.90 Å². The number of carbonyl (C=O) groups excluding carboxylic acids is 1. The van der Waals surface area contributed by atoms with Crippen LogP contribution in [0.5, 0.6) is 0 Å². The number of hydrogen-bond donors (Lipinski definition) is 0. The molecule has 1 aliphatic heterocycles. The predicted molar refractivity (Wildman–Crippen MR) is 56.5 cm³/mol. The Morgan fingerprint density at radius 3 is 2.81 bits per heavy atom. The molecule has 90 valence electrons. The van der Waals surface area contributed by atoms with E-state index in [1.807, 2.05) is 17.8 Å². The van der Waals surface area contributed by atoms with Crippen molar-refractivity contribution < 1.29 is 13.9 Å². The number of aromatic nitrogens is 2. The second-order valence-corrected chi connectivity index (χ2v) is 3.63. The molecule has 0 spiro atoms. The third-order valence-corrected chi connectivity index (χ3v) is 2.65. The van der Waals surface area contributed by atoms with Gasteiger partial charge in [-0.15, -0.1) is 0 Å². The monoisotopic (exact) mass is 231 g/mol. The Morgan fingerprint density at radius 1 is 1.50 bits per heavy atom. The van der Waals surface area contributed by atoms with Crippen molar-refractivity contribution in [1.82, 2.24) is 9.78 Å². The second kappa shape index (κ2) is 5.58. The van der Waals surface area contributed by atoms with Crippen molar-refractivity contribution in [2.45, 2.75) is 32.7 Å². The standard InChI is InChI=1S/C10H15N3O.F2/c1-3-8-7-9-12(2)10(14)5-4-6-13(9)11-8;1-2/h7H,3-6H2,1-2H3;. The highest BCUT2D eigenvalue weighted by Crippen LogP contribution is 2.20. The summed E-state index contributed by atoms with van der Waals surface area (Å²) >= 11 is 0. The predicted octanol–water partition coefficient (Wildman–Crippen LogP) is 2.04. The molecule has 16 heavy (non-hydrogen) atoms. The van der Waals surface area contributed by atoms with Gasteiger partial charge in [0.1, 0.15) is 5.82 Å². The molecule has 1 aliphatic rings. The SMILES string of the molecule is CCc1cc2n(n1)CCCC(=O)N2C.FF. The van der Waals surface area contributed by atoms with E-state index >= 15 is 0 Å². The van der Waals surface area contributed by atoms with Gasteiger partial charge in [-0.05, 0) is 12.8 Å². The van der Waals surface area contributed by atoms with Crippen LogP contribution in [-0.4, -0.2) is 22.7 Å². The van der Waals surface area contributed by atoms with Gasteiger partial charge in [0.05, 0.1) is 5.69 Å². The van der Waals surface area contributed by atoms with Crippen molar-refractivity contribution in [3.05, 3.63) is 11.8 Å². The number of fused-ring (bicyclic) bond motifs is 1. The highest BCUT2D eigenvalue weighted by atomic mass is 20.0. The van der Waals surface area contributed by atoms with E-state index in [-0.39, 0.29) is 5.91 Å². The zero-order valence-corrected chi connectivity index (χ0v) is 9.41. The number of amides is 1. The van der Waals surface area contributed by atoms with Crippen molar-refractivity contribution in [2.24, 2.45) is 0 Å². The molecule has 0 radical (unpaired) electrons. The number of carbonyl (C=O) groups is 1. The zero-order valence-electron chi connectivity index (χ0n) is 9.41. The first-order valence-electron chi connectivity index (χ1n) is 5.20. The van der Waals surface area contributed by atoms with E-state index in [0.717, 1.165) is 30.9 Å². The van der Waals surface area contributed by atoms with E-state index in [0.29, 0.717) is 6.42 Å². The van der Waals surface area contributed by atoms with Crippen LogP contribution in [-0.2, 0) is 17.8 Å². The van der Waals surface area contributed by atoms with Crippen LogP contribution in [0.25, 0.3) is 0 Å². The van der Waals surface area contributed by atoms with Crippen molar-refractivity contribution in [2.75, 3.05) is 11.9 Å². The number of halogens is 2. The summed E-state index contributed by atoms with van der Waals surface area (Å²) in [6.07, 6.45) is 2.43. The number of aryl methyl sites for hydroxylation is 2. The summed E-state index contributed by atoms with van der Waals surface area (Å²) in [6, 6.07) is 2.00. The Bertz CT molecular complexity index is 365. The van der Waals surface area contributed by atoms with Gasteiger partial charge in [0.15, 0.2) is 0 Å². The molecule has 4 nitrogen and oxygen atoms in total. The minimum Gasteiger partial charge on any atom is -0.300 e. The molecule has 0 saturated carbocycles. The Morgan fingerprint density at radius 2 is 2.19 bits per heavy atom. The van der Waals surface area contributed by atoms with E-state index in [2.05, 4.69) is 12.0 Å². The maximum Gasteiger partial charge on any atom is 0.227 e. The van der Waals surface area contributed by atoms with Crippen molar-refractivity contribution in [3.63, 3.8) is 0 Å². The first kappa shape index (κ1) is 12.6. The average molecular weight is 231 g/mol. The summed E-state index contributed by atoms with van der Waals surface area (Å²) < 4.78 is 17.9. The number of hydrogen-bond acceptors (Lipinski definition) is 2. The lowest BCUT2D eigenvalue weighted by Gasteiger charge is -2.13. The Kier molecular flexibility index (Phi) is 4.39.